The summed E-state index contributed by atoms with van der Waals surface area (Å²) < 4.78 is 38.5. The highest BCUT2D eigenvalue weighted by molar-refractivity contribution is 6.00. The summed E-state index contributed by atoms with van der Waals surface area (Å²) >= 11 is 0. The lowest BCUT2D eigenvalue weighted by Crippen LogP contribution is -2.32. The topological polar surface area (TPSA) is 62.3 Å². The summed E-state index contributed by atoms with van der Waals surface area (Å²) in [6.07, 6.45) is -1.28. The molecular weight excluding hydrogens is 347 g/mol. The van der Waals surface area contributed by atoms with Crippen LogP contribution in [0, 0.1) is 5.92 Å². The molecule has 0 bridgehead atoms. The number of carbonyl (C=O) groups is 2. The highest BCUT2D eigenvalue weighted by Gasteiger charge is 2.36. The van der Waals surface area contributed by atoms with Crippen molar-refractivity contribution < 1.29 is 22.8 Å². The van der Waals surface area contributed by atoms with Crippen LogP contribution in [-0.2, 0) is 22.3 Å². The molecule has 136 valence electrons. The van der Waals surface area contributed by atoms with E-state index in [1.165, 1.54) is 17.0 Å². The molecule has 0 spiro atoms. The SMILES string of the molecule is O=C(NCc1cccnc1)C1CC(=O)N(c2cccc(C(F)(F)F)c2)C1. The van der Waals surface area contributed by atoms with Crippen LogP contribution >= 0.6 is 0 Å². The molecule has 2 heterocycles. The number of anilines is 1. The lowest BCUT2D eigenvalue weighted by molar-refractivity contribution is -0.137. The Hall–Kier alpha value is -2.90. The maximum atomic E-state index is 12.8. The molecule has 1 aromatic heterocycles. The van der Waals surface area contributed by atoms with E-state index in [9.17, 15) is 22.8 Å². The average molecular weight is 363 g/mol. The highest BCUT2D eigenvalue weighted by Crippen LogP contribution is 2.33. The van der Waals surface area contributed by atoms with E-state index in [4.69, 9.17) is 0 Å². The van der Waals surface area contributed by atoms with Gasteiger partial charge in [-0.15, -0.1) is 0 Å². The molecule has 1 aliphatic heterocycles. The Kier molecular flexibility index (Phi) is 4.92. The third kappa shape index (κ3) is 4.01. The summed E-state index contributed by atoms with van der Waals surface area (Å²) in [5, 5.41) is 2.73. The smallest absolute Gasteiger partial charge is 0.352 e. The van der Waals surface area contributed by atoms with Crippen LogP contribution in [0.25, 0.3) is 0 Å². The molecule has 8 heteroatoms. The van der Waals surface area contributed by atoms with Gasteiger partial charge < -0.3 is 10.2 Å². The number of carbonyl (C=O) groups excluding carboxylic acids is 2. The van der Waals surface area contributed by atoms with Crippen LogP contribution in [0.3, 0.4) is 0 Å². The minimum absolute atomic E-state index is 0.0326. The lowest BCUT2D eigenvalue weighted by Gasteiger charge is -2.18. The third-order valence-corrected chi connectivity index (χ3v) is 4.17. The van der Waals surface area contributed by atoms with Crippen LogP contribution in [0.4, 0.5) is 18.9 Å². The Bertz CT molecular complexity index is 809. The first kappa shape index (κ1) is 17.9. The molecule has 0 aliphatic carbocycles. The van der Waals surface area contributed by atoms with Crippen molar-refractivity contribution in [3.05, 3.63) is 59.9 Å². The van der Waals surface area contributed by atoms with E-state index in [-0.39, 0.29) is 37.0 Å². The maximum Gasteiger partial charge on any atom is 0.416 e. The number of pyridine rings is 1. The number of hydrogen-bond acceptors (Lipinski definition) is 3. The Morgan fingerprint density at radius 3 is 2.77 bits per heavy atom. The van der Waals surface area contributed by atoms with E-state index in [1.807, 2.05) is 6.07 Å². The van der Waals surface area contributed by atoms with E-state index in [1.54, 1.807) is 18.5 Å². The number of hydrogen-bond donors (Lipinski definition) is 1. The molecule has 2 amide bonds. The van der Waals surface area contributed by atoms with E-state index < -0.39 is 17.7 Å². The zero-order chi connectivity index (χ0) is 18.7. The van der Waals surface area contributed by atoms with E-state index >= 15 is 0 Å². The molecule has 1 unspecified atom stereocenters. The Labute approximate surface area is 147 Å². The maximum absolute atomic E-state index is 12.8. The fraction of sp³-hybridized carbons (Fsp3) is 0.278. The predicted molar refractivity (Wildman–Crippen MR) is 88.0 cm³/mol. The van der Waals surface area contributed by atoms with Gasteiger partial charge in [0.1, 0.15) is 0 Å². The minimum atomic E-state index is -4.49. The second-order valence-electron chi connectivity index (χ2n) is 6.03. The van der Waals surface area contributed by atoms with Crippen LogP contribution in [-0.4, -0.2) is 23.3 Å². The van der Waals surface area contributed by atoms with Gasteiger partial charge in [0.05, 0.1) is 11.5 Å². The monoisotopic (exact) mass is 363 g/mol. The van der Waals surface area contributed by atoms with Gasteiger partial charge in [-0.05, 0) is 29.8 Å². The molecule has 1 aliphatic rings. The fourth-order valence-corrected chi connectivity index (χ4v) is 2.82. The first-order valence-electron chi connectivity index (χ1n) is 7.99. The zero-order valence-corrected chi connectivity index (χ0v) is 13.7. The number of amides is 2. The summed E-state index contributed by atoms with van der Waals surface area (Å²) in [4.78, 5) is 29.6. The summed E-state index contributed by atoms with van der Waals surface area (Å²) in [6, 6.07) is 8.11. The average Bonchev–Trinajstić information content (AvgIpc) is 3.02. The molecular formula is C18H16F3N3O2. The first-order valence-corrected chi connectivity index (χ1v) is 7.99. The number of aromatic nitrogens is 1. The molecule has 26 heavy (non-hydrogen) atoms. The Morgan fingerprint density at radius 1 is 1.27 bits per heavy atom. The summed E-state index contributed by atoms with van der Waals surface area (Å²) in [5.41, 5.74) is 0.138. The summed E-state index contributed by atoms with van der Waals surface area (Å²) in [5.74, 6) is -1.28. The number of benzene rings is 1. The van der Waals surface area contributed by atoms with Crippen molar-refractivity contribution in [1.29, 1.82) is 0 Å². The van der Waals surface area contributed by atoms with E-state index in [2.05, 4.69) is 10.3 Å². The Balaban J connectivity index is 1.66. The van der Waals surface area contributed by atoms with Crippen LogP contribution in [0.2, 0.25) is 0 Å². The fourth-order valence-electron chi connectivity index (χ4n) is 2.82. The van der Waals surface area contributed by atoms with Gasteiger partial charge in [-0.25, -0.2) is 0 Å². The van der Waals surface area contributed by atoms with Crippen LogP contribution in [0.15, 0.2) is 48.8 Å². The molecule has 1 N–H and O–H groups in total. The van der Waals surface area contributed by atoms with Crippen molar-refractivity contribution in [2.45, 2.75) is 19.1 Å². The summed E-state index contributed by atoms with van der Waals surface area (Å²) in [7, 11) is 0. The molecule has 5 nitrogen and oxygen atoms in total. The van der Waals surface area contributed by atoms with Crippen LogP contribution in [0.1, 0.15) is 17.5 Å². The Morgan fingerprint density at radius 2 is 2.08 bits per heavy atom. The van der Waals surface area contributed by atoms with Crippen molar-refractivity contribution >= 4 is 17.5 Å². The number of nitrogens with zero attached hydrogens (tertiary/aromatic N) is 2. The van der Waals surface area contributed by atoms with Crippen molar-refractivity contribution in [2.75, 3.05) is 11.4 Å². The lowest BCUT2D eigenvalue weighted by atomic mass is 10.1. The van der Waals surface area contributed by atoms with E-state index in [0.717, 1.165) is 17.7 Å². The second-order valence-corrected chi connectivity index (χ2v) is 6.03. The summed E-state index contributed by atoms with van der Waals surface area (Å²) in [6.45, 7) is 0.333. The molecule has 1 atom stereocenters. The quantitative estimate of drug-likeness (QED) is 0.909. The van der Waals surface area contributed by atoms with Crippen molar-refractivity contribution in [1.82, 2.24) is 10.3 Å². The first-order chi connectivity index (χ1) is 12.3. The van der Waals surface area contributed by atoms with Crippen molar-refractivity contribution in [2.24, 2.45) is 5.92 Å². The van der Waals surface area contributed by atoms with Gasteiger partial charge in [-0.2, -0.15) is 13.2 Å². The minimum Gasteiger partial charge on any atom is -0.352 e. The van der Waals surface area contributed by atoms with Gasteiger partial charge in [-0.1, -0.05) is 12.1 Å². The van der Waals surface area contributed by atoms with Gasteiger partial charge in [0.2, 0.25) is 11.8 Å². The second kappa shape index (κ2) is 7.15. The number of rotatable bonds is 4. The van der Waals surface area contributed by atoms with Crippen LogP contribution in [0.5, 0.6) is 0 Å². The van der Waals surface area contributed by atoms with E-state index in [0.29, 0.717) is 0 Å². The van der Waals surface area contributed by atoms with Crippen molar-refractivity contribution in [3.8, 4) is 0 Å². The molecule has 1 fully saturated rings. The van der Waals surface area contributed by atoms with Crippen LogP contribution < -0.4 is 10.2 Å². The third-order valence-electron chi connectivity index (χ3n) is 4.17. The van der Waals surface area contributed by atoms with Gasteiger partial charge >= 0.3 is 6.18 Å². The standard InChI is InChI=1S/C18H16F3N3O2/c19-18(20,21)14-4-1-5-15(8-14)24-11-13(7-16(24)25)17(26)23-10-12-3-2-6-22-9-12/h1-6,8-9,13H,7,10-11H2,(H,23,26). The molecule has 2 aromatic rings. The molecule has 0 radical (unpaired) electrons. The normalized spacial score (nSPS) is 17.4. The molecule has 3 rings (SSSR count). The van der Waals surface area contributed by atoms with Crippen molar-refractivity contribution in [3.63, 3.8) is 0 Å². The zero-order valence-electron chi connectivity index (χ0n) is 13.7. The van der Waals surface area contributed by atoms with Gasteiger partial charge in [0.25, 0.3) is 0 Å². The van der Waals surface area contributed by atoms with Gasteiger partial charge in [0.15, 0.2) is 0 Å². The molecule has 0 saturated carbocycles. The highest BCUT2D eigenvalue weighted by atomic mass is 19.4. The predicted octanol–water partition coefficient (Wildman–Crippen LogP) is 2.77. The number of nitrogens with one attached hydrogen (secondary N) is 1. The largest absolute Gasteiger partial charge is 0.416 e. The number of alkyl halides is 3. The molecule has 1 saturated heterocycles. The van der Waals surface area contributed by atoms with Gasteiger partial charge in [0, 0.05) is 37.6 Å². The van der Waals surface area contributed by atoms with Gasteiger partial charge in [-0.3, -0.25) is 14.6 Å². The molecule has 1 aromatic carbocycles. The number of halogens is 3.